The number of sulfonamides is 1. The monoisotopic (exact) mass is 387 g/mol. The van der Waals surface area contributed by atoms with E-state index < -0.39 is 10.0 Å². The van der Waals surface area contributed by atoms with Gasteiger partial charge in [-0.3, -0.25) is 4.90 Å². The summed E-state index contributed by atoms with van der Waals surface area (Å²) in [7, 11) is -1.27. The molecule has 27 heavy (non-hydrogen) atoms. The predicted octanol–water partition coefficient (Wildman–Crippen LogP) is 2.40. The van der Waals surface area contributed by atoms with Gasteiger partial charge in [-0.1, -0.05) is 54.6 Å². The Hall–Kier alpha value is -1.73. The van der Waals surface area contributed by atoms with Gasteiger partial charge in [0.2, 0.25) is 10.0 Å². The fourth-order valence-corrected chi connectivity index (χ4v) is 4.75. The zero-order valence-electron chi connectivity index (χ0n) is 16.1. The number of nitrogens with one attached hydrogen (secondary N) is 1. The van der Waals surface area contributed by atoms with Gasteiger partial charge in [0.25, 0.3) is 0 Å². The summed E-state index contributed by atoms with van der Waals surface area (Å²) < 4.78 is 28.2. The molecule has 1 fully saturated rings. The minimum Gasteiger partial charge on any atom is -0.304 e. The van der Waals surface area contributed by atoms with E-state index in [0.717, 1.165) is 42.9 Å². The standard InChI is InChI=1S/C21H29N3O2S/c1-18-8-6-7-11-20(18)17-27(25,26)22-16-21(19-9-4-3-5-10-19)24-14-12-23(2)13-15-24/h3-11,21-22H,12-17H2,1-2H3. The number of nitrogens with zero attached hydrogens (tertiary/aromatic N) is 2. The molecule has 5 nitrogen and oxygen atoms in total. The first-order valence-corrected chi connectivity index (χ1v) is 11.1. The Balaban J connectivity index is 1.71. The highest BCUT2D eigenvalue weighted by atomic mass is 32.2. The first kappa shape index (κ1) is 20.0. The zero-order chi connectivity index (χ0) is 19.3. The van der Waals surface area contributed by atoms with Crippen molar-refractivity contribution in [1.82, 2.24) is 14.5 Å². The SMILES string of the molecule is Cc1ccccc1CS(=O)(=O)NCC(c1ccccc1)N1CCN(C)CC1. The smallest absolute Gasteiger partial charge is 0.215 e. The molecule has 1 saturated heterocycles. The van der Waals surface area contributed by atoms with Crippen molar-refractivity contribution in [3.05, 3.63) is 71.3 Å². The molecule has 3 rings (SSSR count). The molecule has 146 valence electrons. The largest absolute Gasteiger partial charge is 0.304 e. The molecule has 0 amide bonds. The molecule has 1 N–H and O–H groups in total. The van der Waals surface area contributed by atoms with Gasteiger partial charge in [0.1, 0.15) is 0 Å². The Kier molecular flexibility index (Phi) is 6.65. The van der Waals surface area contributed by atoms with Crippen molar-refractivity contribution < 1.29 is 8.42 Å². The number of piperazine rings is 1. The average Bonchev–Trinajstić information content (AvgIpc) is 2.66. The van der Waals surface area contributed by atoms with Gasteiger partial charge in [-0.15, -0.1) is 0 Å². The normalized spacial score (nSPS) is 17.7. The Labute approximate surface area is 163 Å². The summed E-state index contributed by atoms with van der Waals surface area (Å²) in [5.41, 5.74) is 3.00. The van der Waals surface area contributed by atoms with E-state index in [4.69, 9.17) is 0 Å². The summed E-state index contributed by atoms with van der Waals surface area (Å²) in [5.74, 6) is 0.0178. The third-order valence-electron chi connectivity index (χ3n) is 5.27. The molecule has 0 radical (unpaired) electrons. The van der Waals surface area contributed by atoms with Gasteiger partial charge in [-0.2, -0.15) is 0 Å². The van der Waals surface area contributed by atoms with E-state index in [1.165, 1.54) is 0 Å². The van der Waals surface area contributed by atoms with Gasteiger partial charge >= 0.3 is 0 Å². The van der Waals surface area contributed by atoms with E-state index >= 15 is 0 Å². The van der Waals surface area contributed by atoms with Crippen molar-refractivity contribution in [3.8, 4) is 0 Å². The molecule has 0 saturated carbocycles. The number of aryl methyl sites for hydroxylation is 1. The van der Waals surface area contributed by atoms with Crippen LogP contribution >= 0.6 is 0 Å². The Morgan fingerprint density at radius 3 is 2.26 bits per heavy atom. The molecule has 6 heteroatoms. The van der Waals surface area contributed by atoms with Gasteiger partial charge < -0.3 is 4.90 Å². The minimum atomic E-state index is -3.40. The van der Waals surface area contributed by atoms with E-state index in [9.17, 15) is 8.42 Å². The summed E-state index contributed by atoms with van der Waals surface area (Å²) in [6.45, 7) is 6.22. The maximum Gasteiger partial charge on any atom is 0.215 e. The minimum absolute atomic E-state index is 0.0178. The Bertz CT molecular complexity index is 832. The number of benzene rings is 2. The highest BCUT2D eigenvalue weighted by molar-refractivity contribution is 7.88. The fraction of sp³-hybridized carbons (Fsp3) is 0.429. The molecule has 1 unspecified atom stereocenters. The van der Waals surface area contributed by atoms with Crippen molar-refractivity contribution in [1.29, 1.82) is 0 Å². The molecular weight excluding hydrogens is 358 g/mol. The van der Waals surface area contributed by atoms with Gasteiger partial charge in [0.15, 0.2) is 0 Å². The third-order valence-corrected chi connectivity index (χ3v) is 6.56. The van der Waals surface area contributed by atoms with Gasteiger partial charge in [-0.25, -0.2) is 13.1 Å². The lowest BCUT2D eigenvalue weighted by atomic mass is 10.0. The first-order valence-electron chi connectivity index (χ1n) is 9.44. The summed E-state index contributed by atoms with van der Waals surface area (Å²) in [6.07, 6.45) is 0. The second-order valence-electron chi connectivity index (χ2n) is 7.30. The maximum absolute atomic E-state index is 12.7. The molecule has 0 aliphatic carbocycles. The Morgan fingerprint density at radius 1 is 0.963 bits per heavy atom. The van der Waals surface area contributed by atoms with Crippen LogP contribution < -0.4 is 4.72 Å². The van der Waals surface area contributed by atoms with Crippen LogP contribution in [-0.2, 0) is 15.8 Å². The number of likely N-dealkylation sites (N-methyl/N-ethyl adjacent to an activating group) is 1. The van der Waals surface area contributed by atoms with E-state index in [1.807, 2.05) is 49.4 Å². The number of hydrogen-bond donors (Lipinski definition) is 1. The molecule has 1 atom stereocenters. The maximum atomic E-state index is 12.7. The molecular formula is C21H29N3O2S. The average molecular weight is 388 g/mol. The van der Waals surface area contributed by atoms with E-state index in [0.29, 0.717) is 6.54 Å². The summed E-state index contributed by atoms with van der Waals surface area (Å²) in [5, 5.41) is 0. The Morgan fingerprint density at radius 2 is 1.59 bits per heavy atom. The van der Waals surface area contributed by atoms with Crippen LogP contribution in [0.25, 0.3) is 0 Å². The van der Waals surface area contributed by atoms with Gasteiger partial charge in [-0.05, 0) is 30.7 Å². The molecule has 0 spiro atoms. The molecule has 0 bridgehead atoms. The second kappa shape index (κ2) is 8.97. The van der Waals surface area contributed by atoms with Crippen molar-refractivity contribution in [2.24, 2.45) is 0 Å². The first-order chi connectivity index (χ1) is 12.9. The van der Waals surface area contributed by atoms with Gasteiger partial charge in [0.05, 0.1) is 5.75 Å². The van der Waals surface area contributed by atoms with Crippen molar-refractivity contribution in [3.63, 3.8) is 0 Å². The van der Waals surface area contributed by atoms with Crippen LogP contribution in [0.5, 0.6) is 0 Å². The topological polar surface area (TPSA) is 52.7 Å². The number of rotatable bonds is 7. The number of hydrogen-bond acceptors (Lipinski definition) is 4. The van der Waals surface area contributed by atoms with Gasteiger partial charge in [0, 0.05) is 38.8 Å². The molecule has 0 aromatic heterocycles. The van der Waals surface area contributed by atoms with E-state index in [2.05, 4.69) is 33.7 Å². The molecule has 2 aromatic carbocycles. The predicted molar refractivity (Wildman–Crippen MR) is 110 cm³/mol. The molecule has 1 heterocycles. The van der Waals surface area contributed by atoms with Crippen LogP contribution in [0, 0.1) is 6.92 Å². The third kappa shape index (κ3) is 5.62. The van der Waals surface area contributed by atoms with Crippen LogP contribution in [0.2, 0.25) is 0 Å². The van der Waals surface area contributed by atoms with Crippen LogP contribution in [0.15, 0.2) is 54.6 Å². The lowest BCUT2D eigenvalue weighted by Gasteiger charge is -2.38. The van der Waals surface area contributed by atoms with E-state index in [-0.39, 0.29) is 11.8 Å². The second-order valence-corrected chi connectivity index (χ2v) is 9.11. The lowest BCUT2D eigenvalue weighted by Crippen LogP contribution is -2.48. The van der Waals surface area contributed by atoms with Crippen molar-refractivity contribution in [2.75, 3.05) is 39.8 Å². The van der Waals surface area contributed by atoms with Crippen LogP contribution in [-0.4, -0.2) is 58.0 Å². The summed E-state index contributed by atoms with van der Waals surface area (Å²) >= 11 is 0. The van der Waals surface area contributed by atoms with Crippen LogP contribution in [0.1, 0.15) is 22.7 Å². The van der Waals surface area contributed by atoms with Crippen LogP contribution in [0.4, 0.5) is 0 Å². The summed E-state index contributed by atoms with van der Waals surface area (Å²) in [6, 6.07) is 17.9. The molecule has 2 aromatic rings. The van der Waals surface area contributed by atoms with Crippen molar-refractivity contribution in [2.45, 2.75) is 18.7 Å². The van der Waals surface area contributed by atoms with Crippen molar-refractivity contribution >= 4 is 10.0 Å². The van der Waals surface area contributed by atoms with Crippen LogP contribution in [0.3, 0.4) is 0 Å². The highest BCUT2D eigenvalue weighted by Gasteiger charge is 2.25. The zero-order valence-corrected chi connectivity index (χ0v) is 17.0. The molecule has 1 aliphatic heterocycles. The highest BCUT2D eigenvalue weighted by Crippen LogP contribution is 2.22. The quantitative estimate of drug-likeness (QED) is 0.793. The van der Waals surface area contributed by atoms with E-state index in [1.54, 1.807) is 0 Å². The fourth-order valence-electron chi connectivity index (χ4n) is 3.50. The molecule has 1 aliphatic rings. The lowest BCUT2D eigenvalue weighted by molar-refractivity contribution is 0.113. The summed E-state index contributed by atoms with van der Waals surface area (Å²) in [4.78, 5) is 4.69.